The van der Waals surface area contributed by atoms with Gasteiger partial charge in [-0.1, -0.05) is 58.0 Å². The average Bonchev–Trinajstić information content (AvgIpc) is 3.48. The Morgan fingerprint density at radius 1 is 1.12 bits per heavy atom. The summed E-state index contributed by atoms with van der Waals surface area (Å²) in [5, 5.41) is 16.9. The smallest absolute Gasteiger partial charge is 0.324 e. The number of hydrazine groups is 1. The Bertz CT molecular complexity index is 2240. The molecule has 3 N–H and O–H groups in total. The molecule has 2 aliphatic rings. The molecule has 4 aromatic rings. The molecule has 6 bridgehead atoms. The highest BCUT2D eigenvalue weighted by molar-refractivity contribution is 5.95. The molecule has 12 nitrogen and oxygen atoms in total. The van der Waals surface area contributed by atoms with Gasteiger partial charge in [0, 0.05) is 61.1 Å². The summed E-state index contributed by atoms with van der Waals surface area (Å²) in [6.07, 6.45) is 1.99. The van der Waals surface area contributed by atoms with E-state index in [-0.39, 0.29) is 43.1 Å². The standard InChI is InChI=1S/C48H64N6O6/c1-11-53-42-17-15-33-24-39(42)40(44(53)38-16-14-31(28-59-10)19-36(38)27-51(6)7)25-48(4,5)29-60-47(58)41-13-12-18-54(50-41)46(57)35(21-32-20-34(33)23-37(55)22-32)26-49-45(56)43(30(2)3)52(8)9/h14-17,19-20,22-24,30,35,41,43,50H,8,11-13,18,21,25-29H2,1-7,9-10H3,(H-,49,55,56)/p+1/t35-,41+,43+/m1/s1. The van der Waals surface area contributed by atoms with Gasteiger partial charge in [-0.15, -0.1) is 0 Å². The fourth-order valence-electron chi connectivity index (χ4n) is 9.09. The van der Waals surface area contributed by atoms with E-state index >= 15 is 0 Å². The molecule has 0 spiro atoms. The Morgan fingerprint density at radius 3 is 2.57 bits per heavy atom. The van der Waals surface area contributed by atoms with Gasteiger partial charge in [-0.05, 0) is 104 Å². The number of nitrogens with zero attached hydrogens (tertiary/aromatic N) is 4. The number of cyclic esters (lactones) is 1. The molecule has 60 heavy (non-hydrogen) atoms. The number of carbonyl (C=O) groups excluding carboxylic acids is 3. The number of ether oxygens (including phenoxy) is 2. The molecule has 0 unspecified atom stereocenters. The van der Waals surface area contributed by atoms with Gasteiger partial charge in [-0.2, -0.15) is 0 Å². The summed E-state index contributed by atoms with van der Waals surface area (Å²) >= 11 is 0. The van der Waals surface area contributed by atoms with Gasteiger partial charge >= 0.3 is 5.97 Å². The number of carbonyl (C=O) groups is 3. The number of phenols is 1. The van der Waals surface area contributed by atoms with Crippen LogP contribution in [0.4, 0.5) is 0 Å². The molecule has 1 aromatic heterocycles. The Hall–Kier alpha value is -5.04. The van der Waals surface area contributed by atoms with Gasteiger partial charge in [0.2, 0.25) is 11.9 Å². The molecule has 0 radical (unpaired) electrons. The SMILES string of the molecule is C=[N+](C)[C@H](C(=O)NC[C@H]1Cc2cc(O)cc(c2)-c2ccc3c(c2)c(c(-c2ccc(COC)cc2CN(C)C)n3CC)CC(C)(C)COC(=O)[C@@H]2CCCN(N2)C1=O)C(C)C. The molecule has 1 fully saturated rings. The van der Waals surface area contributed by atoms with Crippen molar-refractivity contribution in [2.24, 2.45) is 17.3 Å². The highest BCUT2D eigenvalue weighted by atomic mass is 16.5. The predicted octanol–water partition coefficient (Wildman–Crippen LogP) is 6.17. The van der Waals surface area contributed by atoms with E-state index in [0.29, 0.717) is 32.4 Å². The first-order valence-electron chi connectivity index (χ1n) is 21.3. The van der Waals surface area contributed by atoms with Crippen molar-refractivity contribution in [3.63, 3.8) is 0 Å². The Morgan fingerprint density at radius 2 is 1.88 bits per heavy atom. The Kier molecular flexibility index (Phi) is 13.9. The topological polar surface area (TPSA) is 128 Å². The van der Waals surface area contributed by atoms with Crippen LogP contribution in [0.25, 0.3) is 33.3 Å². The fraction of sp³-hybridized carbons (Fsp3) is 0.500. The minimum absolute atomic E-state index is 0.00709. The molecule has 3 aromatic carbocycles. The zero-order valence-electron chi connectivity index (χ0n) is 37.1. The highest BCUT2D eigenvalue weighted by Gasteiger charge is 2.36. The van der Waals surface area contributed by atoms with Crippen LogP contribution in [0, 0.1) is 17.3 Å². The summed E-state index contributed by atoms with van der Waals surface area (Å²) in [7, 11) is 7.63. The molecule has 0 aliphatic carbocycles. The summed E-state index contributed by atoms with van der Waals surface area (Å²) in [4.78, 5) is 43.9. The summed E-state index contributed by atoms with van der Waals surface area (Å²) in [6.45, 7) is 16.9. The summed E-state index contributed by atoms with van der Waals surface area (Å²) in [5.74, 6) is -1.48. The lowest BCUT2D eigenvalue weighted by Crippen LogP contribution is -2.58. The van der Waals surface area contributed by atoms with Crippen molar-refractivity contribution in [2.45, 2.75) is 92.1 Å². The molecule has 2 aliphatic heterocycles. The average molecular weight is 822 g/mol. The fourth-order valence-corrected chi connectivity index (χ4v) is 9.09. The van der Waals surface area contributed by atoms with E-state index in [4.69, 9.17) is 9.47 Å². The first-order valence-corrected chi connectivity index (χ1v) is 21.3. The Balaban J connectivity index is 1.52. The monoisotopic (exact) mass is 821 g/mol. The van der Waals surface area contributed by atoms with E-state index in [2.05, 4.69) is 98.2 Å². The van der Waals surface area contributed by atoms with Crippen LogP contribution in [0.5, 0.6) is 5.75 Å². The Labute approximate surface area is 355 Å². The van der Waals surface area contributed by atoms with Crippen LogP contribution < -0.4 is 10.7 Å². The third-order valence-electron chi connectivity index (χ3n) is 11.7. The third-order valence-corrected chi connectivity index (χ3v) is 11.7. The number of esters is 1. The van der Waals surface area contributed by atoms with Crippen LogP contribution in [0.1, 0.15) is 69.7 Å². The van der Waals surface area contributed by atoms with E-state index in [1.165, 1.54) is 10.6 Å². The lowest BCUT2D eigenvalue weighted by Gasteiger charge is -2.35. The van der Waals surface area contributed by atoms with E-state index in [1.807, 2.05) is 19.9 Å². The zero-order valence-corrected chi connectivity index (χ0v) is 37.1. The molecule has 2 amide bonds. The second-order valence-electron chi connectivity index (χ2n) is 18.2. The number of hydrogen-bond acceptors (Lipinski definition) is 8. The van der Waals surface area contributed by atoms with Crippen LogP contribution >= 0.6 is 0 Å². The molecule has 0 saturated carbocycles. The van der Waals surface area contributed by atoms with Gasteiger partial charge in [-0.25, -0.2) is 10.0 Å². The molecular weight excluding hydrogens is 757 g/mol. The normalized spacial score (nSPS) is 19.0. The van der Waals surface area contributed by atoms with Gasteiger partial charge in [-0.3, -0.25) is 19.4 Å². The third kappa shape index (κ3) is 9.94. The van der Waals surface area contributed by atoms with Gasteiger partial charge in [0.25, 0.3) is 5.91 Å². The van der Waals surface area contributed by atoms with Gasteiger partial charge in [0.1, 0.15) is 25.6 Å². The maximum absolute atomic E-state index is 14.4. The number of phenolic OH excluding ortho intramolecular Hbond substituents is 1. The van der Waals surface area contributed by atoms with E-state index < -0.39 is 29.4 Å². The van der Waals surface area contributed by atoms with Crippen molar-refractivity contribution < 1.29 is 33.5 Å². The molecule has 3 heterocycles. The van der Waals surface area contributed by atoms with E-state index in [1.54, 1.807) is 30.9 Å². The molecule has 322 valence electrons. The van der Waals surface area contributed by atoms with Gasteiger partial charge in [0.05, 0.1) is 24.8 Å². The summed E-state index contributed by atoms with van der Waals surface area (Å²) < 4.78 is 15.7. The number of rotatable bonds is 11. The van der Waals surface area contributed by atoms with Crippen molar-refractivity contribution in [2.75, 3.05) is 47.9 Å². The molecule has 6 rings (SSSR count). The number of hydrogen-bond donors (Lipinski definition) is 3. The van der Waals surface area contributed by atoms with E-state index in [0.717, 1.165) is 63.1 Å². The number of amides is 2. The number of methoxy groups -OCH3 is 1. The molecular formula is C48H65N6O6+. The largest absolute Gasteiger partial charge is 0.508 e. The predicted molar refractivity (Wildman–Crippen MR) is 237 cm³/mol. The summed E-state index contributed by atoms with van der Waals surface area (Å²) in [6, 6.07) is 17.3. The van der Waals surface area contributed by atoms with E-state index in [9.17, 15) is 19.5 Å². The first-order chi connectivity index (χ1) is 28.5. The number of likely N-dealkylation sites (N-methyl/N-ethyl adjacent to an activating group) is 1. The second kappa shape index (κ2) is 18.7. The molecule has 3 atom stereocenters. The van der Waals surface area contributed by atoms with Crippen molar-refractivity contribution in [1.29, 1.82) is 0 Å². The summed E-state index contributed by atoms with van der Waals surface area (Å²) in [5.41, 5.74) is 12.0. The van der Waals surface area contributed by atoms with Crippen LogP contribution in [0.3, 0.4) is 0 Å². The van der Waals surface area contributed by atoms with Crippen LogP contribution in [0.15, 0.2) is 54.6 Å². The molecule has 12 heteroatoms. The second-order valence-corrected chi connectivity index (χ2v) is 18.2. The van der Waals surface area contributed by atoms with Crippen molar-refractivity contribution in [1.82, 2.24) is 25.2 Å². The maximum Gasteiger partial charge on any atom is 0.324 e. The zero-order chi connectivity index (χ0) is 43.5. The van der Waals surface area contributed by atoms with Crippen LogP contribution in [-0.4, -0.2) is 109 Å². The maximum atomic E-state index is 14.4. The van der Waals surface area contributed by atoms with Crippen molar-refractivity contribution in [3.05, 3.63) is 76.9 Å². The number of aromatic hydroxyl groups is 1. The minimum atomic E-state index is -0.704. The quantitative estimate of drug-likeness (QED) is 0.0932. The number of benzene rings is 3. The van der Waals surface area contributed by atoms with Crippen molar-refractivity contribution in [3.8, 4) is 28.1 Å². The van der Waals surface area contributed by atoms with Gasteiger partial charge in [0.15, 0.2) is 0 Å². The lowest BCUT2D eigenvalue weighted by atomic mass is 9.83. The van der Waals surface area contributed by atoms with Crippen molar-refractivity contribution >= 4 is 35.4 Å². The van der Waals surface area contributed by atoms with Crippen LogP contribution in [0.2, 0.25) is 0 Å². The number of aromatic nitrogens is 1. The minimum Gasteiger partial charge on any atom is -0.508 e. The van der Waals surface area contributed by atoms with Crippen LogP contribution in [-0.2, 0) is 56.4 Å². The number of aryl methyl sites for hydroxylation is 1. The molecule has 1 saturated heterocycles. The lowest BCUT2D eigenvalue weighted by molar-refractivity contribution is -0.523. The number of nitrogens with one attached hydrogen (secondary N) is 2. The first kappa shape index (κ1) is 44.5. The highest BCUT2D eigenvalue weighted by Crippen LogP contribution is 2.42. The number of fused-ring (bicyclic) bond motifs is 6. The van der Waals surface area contributed by atoms with Gasteiger partial charge < -0.3 is 29.4 Å².